The van der Waals surface area contributed by atoms with E-state index in [0.29, 0.717) is 16.6 Å². The van der Waals surface area contributed by atoms with Crippen molar-refractivity contribution >= 4 is 17.3 Å². The number of benzene rings is 1. The van der Waals surface area contributed by atoms with Gasteiger partial charge in [0.2, 0.25) is 0 Å². The van der Waals surface area contributed by atoms with E-state index in [1.807, 2.05) is 0 Å². The average Bonchev–Trinajstić information content (AvgIpc) is 3.08. The molecule has 18 heavy (non-hydrogen) atoms. The van der Waals surface area contributed by atoms with Gasteiger partial charge in [-0.3, -0.25) is 0 Å². The van der Waals surface area contributed by atoms with Crippen molar-refractivity contribution in [2.75, 3.05) is 24.5 Å². The third kappa shape index (κ3) is 2.78. The summed E-state index contributed by atoms with van der Waals surface area (Å²) >= 11 is 5.94. The molecule has 3 rings (SSSR count). The van der Waals surface area contributed by atoms with E-state index < -0.39 is 0 Å². The second kappa shape index (κ2) is 5.06. The first-order valence-electron chi connectivity index (χ1n) is 6.66. The minimum Gasteiger partial charge on any atom is -0.369 e. The lowest BCUT2D eigenvalue weighted by Gasteiger charge is -2.19. The second-order valence-electron chi connectivity index (χ2n) is 5.38. The van der Waals surface area contributed by atoms with Crippen LogP contribution in [0.25, 0.3) is 0 Å². The standard InChI is InChI=1S/C14H18ClFN2/c15-11-1-4-13(16)14(7-11)18-6-5-10(9-18)8-17-12-2-3-12/h1,4,7,10,12,17H,2-3,5-6,8-9H2. The summed E-state index contributed by atoms with van der Waals surface area (Å²) in [5.74, 6) is 0.458. The lowest BCUT2D eigenvalue weighted by atomic mass is 10.1. The first-order chi connectivity index (χ1) is 8.72. The summed E-state index contributed by atoms with van der Waals surface area (Å²) in [6, 6.07) is 5.53. The summed E-state index contributed by atoms with van der Waals surface area (Å²) in [4.78, 5) is 2.11. The van der Waals surface area contributed by atoms with E-state index in [0.717, 1.165) is 32.1 Å². The topological polar surface area (TPSA) is 15.3 Å². The van der Waals surface area contributed by atoms with Gasteiger partial charge in [0.15, 0.2) is 0 Å². The summed E-state index contributed by atoms with van der Waals surface area (Å²) in [6.07, 6.45) is 3.77. The Labute approximate surface area is 112 Å². The lowest BCUT2D eigenvalue weighted by Crippen LogP contribution is -2.27. The quantitative estimate of drug-likeness (QED) is 0.903. The van der Waals surface area contributed by atoms with Crippen LogP contribution >= 0.6 is 11.6 Å². The fourth-order valence-electron chi connectivity index (χ4n) is 2.57. The molecule has 1 unspecified atom stereocenters. The number of halogens is 2. The number of hydrogen-bond donors (Lipinski definition) is 1. The van der Waals surface area contributed by atoms with Crippen molar-refractivity contribution in [1.29, 1.82) is 0 Å². The van der Waals surface area contributed by atoms with Crippen LogP contribution in [0.5, 0.6) is 0 Å². The van der Waals surface area contributed by atoms with Gasteiger partial charge < -0.3 is 10.2 Å². The molecule has 2 aliphatic rings. The third-order valence-corrected chi connectivity index (χ3v) is 4.04. The van der Waals surface area contributed by atoms with Gasteiger partial charge >= 0.3 is 0 Å². The van der Waals surface area contributed by atoms with Gasteiger partial charge in [-0.1, -0.05) is 11.6 Å². The Kier molecular flexibility index (Phi) is 3.44. The van der Waals surface area contributed by atoms with Crippen LogP contribution < -0.4 is 10.2 Å². The Balaban J connectivity index is 1.61. The van der Waals surface area contributed by atoms with Gasteiger partial charge in [-0.25, -0.2) is 4.39 Å². The Bertz CT molecular complexity index is 434. The van der Waals surface area contributed by atoms with E-state index in [4.69, 9.17) is 11.6 Å². The number of nitrogens with zero attached hydrogens (tertiary/aromatic N) is 1. The van der Waals surface area contributed by atoms with E-state index in [1.165, 1.54) is 18.9 Å². The molecular weight excluding hydrogens is 251 g/mol. The summed E-state index contributed by atoms with van der Waals surface area (Å²) in [6.45, 7) is 2.91. The Morgan fingerprint density at radius 2 is 2.17 bits per heavy atom. The van der Waals surface area contributed by atoms with Crippen LogP contribution in [0.1, 0.15) is 19.3 Å². The van der Waals surface area contributed by atoms with Crippen molar-refractivity contribution in [3.05, 3.63) is 29.0 Å². The van der Waals surface area contributed by atoms with Gasteiger partial charge in [-0.05, 0) is 49.9 Å². The van der Waals surface area contributed by atoms with E-state index in [2.05, 4.69) is 10.2 Å². The van der Waals surface area contributed by atoms with Crippen LogP contribution in [0.3, 0.4) is 0 Å². The molecule has 1 saturated heterocycles. The normalized spacial score (nSPS) is 23.7. The molecule has 1 aliphatic heterocycles. The first kappa shape index (κ1) is 12.2. The Hall–Kier alpha value is -0.800. The molecular formula is C14H18ClFN2. The van der Waals surface area contributed by atoms with E-state index in [9.17, 15) is 4.39 Å². The van der Waals surface area contributed by atoms with Crippen LogP contribution in [0, 0.1) is 11.7 Å². The summed E-state index contributed by atoms with van der Waals surface area (Å²) < 4.78 is 13.8. The molecule has 0 radical (unpaired) electrons. The SMILES string of the molecule is Fc1ccc(Cl)cc1N1CCC(CNC2CC2)C1. The molecule has 4 heteroatoms. The molecule has 1 aromatic carbocycles. The maximum atomic E-state index is 13.8. The van der Waals surface area contributed by atoms with Gasteiger partial charge in [0.25, 0.3) is 0 Å². The second-order valence-corrected chi connectivity index (χ2v) is 5.82. The fraction of sp³-hybridized carbons (Fsp3) is 0.571. The molecule has 1 aromatic rings. The fourth-order valence-corrected chi connectivity index (χ4v) is 2.73. The van der Waals surface area contributed by atoms with Crippen LogP contribution in [-0.2, 0) is 0 Å². The summed E-state index contributed by atoms with van der Waals surface area (Å²) in [5.41, 5.74) is 0.649. The van der Waals surface area contributed by atoms with Crippen LogP contribution in [-0.4, -0.2) is 25.7 Å². The number of anilines is 1. The maximum Gasteiger partial charge on any atom is 0.146 e. The van der Waals surface area contributed by atoms with Crippen molar-refractivity contribution in [2.45, 2.75) is 25.3 Å². The zero-order valence-electron chi connectivity index (χ0n) is 10.3. The van der Waals surface area contributed by atoms with Crippen molar-refractivity contribution in [1.82, 2.24) is 5.32 Å². The van der Waals surface area contributed by atoms with Gasteiger partial charge in [0.05, 0.1) is 5.69 Å². The van der Waals surface area contributed by atoms with E-state index in [1.54, 1.807) is 12.1 Å². The van der Waals surface area contributed by atoms with Crippen LogP contribution in [0.4, 0.5) is 10.1 Å². The predicted molar refractivity (Wildman–Crippen MR) is 72.8 cm³/mol. The molecule has 98 valence electrons. The van der Waals surface area contributed by atoms with Crippen molar-refractivity contribution in [3.63, 3.8) is 0 Å². The highest BCUT2D eigenvalue weighted by Gasteiger charge is 2.27. The molecule has 1 N–H and O–H groups in total. The number of rotatable bonds is 4. The van der Waals surface area contributed by atoms with Gasteiger partial charge in [0, 0.05) is 24.2 Å². The molecule has 1 aliphatic carbocycles. The molecule has 0 amide bonds. The molecule has 1 saturated carbocycles. The van der Waals surface area contributed by atoms with Gasteiger partial charge in [-0.15, -0.1) is 0 Å². The van der Waals surface area contributed by atoms with Gasteiger partial charge in [-0.2, -0.15) is 0 Å². The molecule has 2 nitrogen and oxygen atoms in total. The van der Waals surface area contributed by atoms with E-state index in [-0.39, 0.29) is 5.82 Å². The highest BCUT2D eigenvalue weighted by atomic mass is 35.5. The third-order valence-electron chi connectivity index (χ3n) is 3.81. The number of hydrogen-bond acceptors (Lipinski definition) is 2. The molecule has 0 spiro atoms. The monoisotopic (exact) mass is 268 g/mol. The highest BCUT2D eigenvalue weighted by molar-refractivity contribution is 6.30. The van der Waals surface area contributed by atoms with Crippen molar-refractivity contribution < 1.29 is 4.39 Å². The minimum absolute atomic E-state index is 0.171. The largest absolute Gasteiger partial charge is 0.369 e. The van der Waals surface area contributed by atoms with Crippen LogP contribution in [0.2, 0.25) is 5.02 Å². The molecule has 0 aromatic heterocycles. The van der Waals surface area contributed by atoms with E-state index >= 15 is 0 Å². The summed E-state index contributed by atoms with van der Waals surface area (Å²) in [5, 5.41) is 4.15. The number of nitrogens with one attached hydrogen (secondary N) is 1. The predicted octanol–water partition coefficient (Wildman–Crippen LogP) is 3.06. The molecule has 1 heterocycles. The van der Waals surface area contributed by atoms with Gasteiger partial charge in [0.1, 0.15) is 5.82 Å². The zero-order valence-corrected chi connectivity index (χ0v) is 11.1. The van der Waals surface area contributed by atoms with Crippen LogP contribution in [0.15, 0.2) is 18.2 Å². The molecule has 0 bridgehead atoms. The minimum atomic E-state index is -0.171. The molecule has 2 fully saturated rings. The first-order valence-corrected chi connectivity index (χ1v) is 7.03. The van der Waals surface area contributed by atoms with Crippen molar-refractivity contribution in [2.24, 2.45) is 5.92 Å². The Morgan fingerprint density at radius 3 is 2.94 bits per heavy atom. The lowest BCUT2D eigenvalue weighted by molar-refractivity contribution is 0.514. The average molecular weight is 269 g/mol. The van der Waals surface area contributed by atoms with Crippen molar-refractivity contribution in [3.8, 4) is 0 Å². The maximum absolute atomic E-state index is 13.8. The smallest absolute Gasteiger partial charge is 0.146 e. The zero-order chi connectivity index (χ0) is 12.5. The molecule has 1 atom stereocenters. The summed E-state index contributed by atoms with van der Waals surface area (Å²) in [7, 11) is 0. The Morgan fingerprint density at radius 1 is 1.33 bits per heavy atom. The highest BCUT2D eigenvalue weighted by Crippen LogP contribution is 2.29.